The Hall–Kier alpha value is -3.13. The number of benzene rings is 1. The van der Waals surface area contributed by atoms with Crippen LogP contribution in [0.2, 0.25) is 0 Å². The highest BCUT2D eigenvalue weighted by atomic mass is 16.5. The van der Waals surface area contributed by atoms with Crippen molar-refractivity contribution in [2.24, 2.45) is 0 Å². The monoisotopic (exact) mass is 434 g/mol. The molecule has 1 aromatic carbocycles. The number of aromatic amines is 1. The number of pyridine rings is 1. The maximum absolute atomic E-state index is 12.5. The zero-order chi connectivity index (χ0) is 22.2. The largest absolute Gasteiger partial charge is 0.396 e. The summed E-state index contributed by atoms with van der Waals surface area (Å²) in [5, 5.41) is 8.35. The van der Waals surface area contributed by atoms with Gasteiger partial charge in [-0.05, 0) is 37.5 Å². The lowest BCUT2D eigenvalue weighted by Gasteiger charge is -2.41. The summed E-state index contributed by atoms with van der Waals surface area (Å²) in [6, 6.07) is 8.36. The summed E-state index contributed by atoms with van der Waals surface area (Å²) in [6.45, 7) is 4.65. The number of rotatable bonds is 6. The number of amides is 1. The van der Waals surface area contributed by atoms with Gasteiger partial charge in [-0.2, -0.15) is 5.10 Å². The van der Waals surface area contributed by atoms with E-state index >= 15 is 0 Å². The highest BCUT2D eigenvalue weighted by molar-refractivity contribution is 5.96. The third-order valence-corrected chi connectivity index (χ3v) is 6.57. The number of anilines is 2. The van der Waals surface area contributed by atoms with Crippen LogP contribution in [0.4, 0.5) is 11.5 Å². The second kappa shape index (κ2) is 8.43. The minimum atomic E-state index is 0.0954. The van der Waals surface area contributed by atoms with Crippen LogP contribution in [-0.2, 0) is 9.53 Å². The van der Waals surface area contributed by atoms with Crippen molar-refractivity contribution < 1.29 is 9.53 Å². The molecule has 1 amide bonds. The average molecular weight is 435 g/mol. The van der Waals surface area contributed by atoms with Crippen LogP contribution in [0, 0.1) is 0 Å². The Kier molecular flexibility index (Phi) is 5.46. The lowest BCUT2D eigenvalue weighted by molar-refractivity contribution is -0.134. The minimum Gasteiger partial charge on any atom is -0.396 e. The van der Waals surface area contributed by atoms with Gasteiger partial charge in [0, 0.05) is 49.7 Å². The molecule has 1 atom stereocenters. The van der Waals surface area contributed by atoms with Crippen LogP contribution in [0.25, 0.3) is 22.0 Å². The van der Waals surface area contributed by atoms with E-state index in [9.17, 15) is 4.79 Å². The van der Waals surface area contributed by atoms with Crippen LogP contribution in [0.1, 0.15) is 37.8 Å². The molecule has 3 N–H and O–H groups in total. The van der Waals surface area contributed by atoms with Gasteiger partial charge in [0.05, 0.1) is 36.1 Å². The number of nitrogens with zero attached hydrogens (tertiary/aromatic N) is 4. The van der Waals surface area contributed by atoms with Crippen molar-refractivity contribution in [2.45, 2.75) is 38.1 Å². The Labute approximate surface area is 187 Å². The minimum absolute atomic E-state index is 0.0954. The van der Waals surface area contributed by atoms with E-state index in [1.165, 1.54) is 0 Å². The topological polar surface area (TPSA) is 100 Å². The molecule has 0 radical (unpaired) electrons. The molecule has 3 aromatic rings. The molecule has 0 unspecified atom stereocenters. The Morgan fingerprint density at radius 3 is 2.88 bits per heavy atom. The van der Waals surface area contributed by atoms with Gasteiger partial charge in [0.1, 0.15) is 0 Å². The van der Waals surface area contributed by atoms with Crippen LogP contribution in [0.15, 0.2) is 30.5 Å². The normalized spacial score (nSPS) is 19.0. The zero-order valence-corrected chi connectivity index (χ0v) is 18.7. The Morgan fingerprint density at radius 2 is 2.12 bits per heavy atom. The van der Waals surface area contributed by atoms with Crippen molar-refractivity contribution in [3.8, 4) is 11.1 Å². The molecule has 3 heterocycles. The molecule has 168 valence electrons. The van der Waals surface area contributed by atoms with E-state index < -0.39 is 0 Å². The number of ether oxygens (including phenoxy) is 1. The number of aromatic nitrogens is 3. The molecular formula is C24H30N6O2. The molecule has 8 heteroatoms. The molecule has 1 saturated carbocycles. The maximum Gasteiger partial charge on any atom is 0.225 e. The second-order valence-corrected chi connectivity index (χ2v) is 8.87. The molecule has 5 rings (SSSR count). The van der Waals surface area contributed by atoms with E-state index in [4.69, 9.17) is 15.5 Å². The van der Waals surface area contributed by atoms with Crippen LogP contribution >= 0.6 is 0 Å². The van der Waals surface area contributed by atoms with E-state index in [0.717, 1.165) is 59.5 Å². The van der Waals surface area contributed by atoms with Crippen LogP contribution in [0.3, 0.4) is 0 Å². The number of nitrogen functional groups attached to an aromatic ring is 1. The van der Waals surface area contributed by atoms with Gasteiger partial charge < -0.3 is 20.3 Å². The van der Waals surface area contributed by atoms with Crippen molar-refractivity contribution in [3.63, 3.8) is 0 Å². The third kappa shape index (κ3) is 3.79. The fourth-order valence-electron chi connectivity index (χ4n) is 4.73. The summed E-state index contributed by atoms with van der Waals surface area (Å²) in [6.07, 6.45) is 4.60. The van der Waals surface area contributed by atoms with E-state index in [-0.39, 0.29) is 11.9 Å². The first-order valence-electron chi connectivity index (χ1n) is 11.3. The van der Waals surface area contributed by atoms with Crippen molar-refractivity contribution in [3.05, 3.63) is 36.2 Å². The number of nitrogens with one attached hydrogen (secondary N) is 1. The number of carbonyl (C=O) groups excluding carboxylic acids is 1. The van der Waals surface area contributed by atoms with Gasteiger partial charge in [-0.15, -0.1) is 0 Å². The molecule has 2 aliphatic rings. The number of piperazine rings is 1. The summed E-state index contributed by atoms with van der Waals surface area (Å²) in [4.78, 5) is 21.8. The molecule has 1 saturated heterocycles. The van der Waals surface area contributed by atoms with E-state index in [0.29, 0.717) is 31.2 Å². The summed E-state index contributed by atoms with van der Waals surface area (Å²) < 4.78 is 5.07. The zero-order valence-electron chi connectivity index (χ0n) is 18.7. The molecular weight excluding hydrogens is 404 g/mol. The Morgan fingerprint density at radius 1 is 1.28 bits per heavy atom. The third-order valence-electron chi connectivity index (χ3n) is 6.57. The van der Waals surface area contributed by atoms with E-state index in [1.807, 2.05) is 23.2 Å². The number of H-pyrrole nitrogens is 1. The first kappa shape index (κ1) is 20.8. The summed E-state index contributed by atoms with van der Waals surface area (Å²) in [5.41, 5.74) is 11.6. The fraction of sp³-hybridized carbons (Fsp3) is 0.458. The number of carbonyl (C=O) groups is 1. The highest BCUT2D eigenvalue weighted by Gasteiger charge is 2.33. The van der Waals surface area contributed by atoms with Gasteiger partial charge in [-0.3, -0.25) is 9.89 Å². The number of hydrogen-bond donors (Lipinski definition) is 2. The molecule has 2 fully saturated rings. The molecule has 1 aliphatic carbocycles. The van der Waals surface area contributed by atoms with Gasteiger partial charge in [0.25, 0.3) is 0 Å². The number of nitrogens with two attached hydrogens (primary N) is 1. The van der Waals surface area contributed by atoms with E-state index in [2.05, 4.69) is 34.2 Å². The van der Waals surface area contributed by atoms with Gasteiger partial charge >= 0.3 is 0 Å². The quantitative estimate of drug-likeness (QED) is 0.618. The summed E-state index contributed by atoms with van der Waals surface area (Å²) in [5.74, 6) is 1.45. The standard InChI is InChI=1S/C24H30N6O2/c1-15-14-29(9-10-30(15)22(31)8-11-32-2)24-20(25)12-18(23(27-24)16-6-7-16)17-4-3-5-21-19(17)13-26-28-21/h3-5,12-13,15-16H,6-11,14,25H2,1-2H3,(H,26,28)/t15-/m1/s1. The summed E-state index contributed by atoms with van der Waals surface area (Å²) >= 11 is 0. The van der Waals surface area contributed by atoms with Crippen molar-refractivity contribution in [1.29, 1.82) is 0 Å². The predicted molar refractivity (Wildman–Crippen MR) is 126 cm³/mol. The smallest absolute Gasteiger partial charge is 0.225 e. The SMILES string of the molecule is COCCC(=O)N1CCN(c2nc(C3CC3)c(-c3cccc4[nH]ncc34)cc2N)C[C@H]1C. The fourth-order valence-corrected chi connectivity index (χ4v) is 4.73. The maximum atomic E-state index is 12.5. The highest BCUT2D eigenvalue weighted by Crippen LogP contribution is 2.46. The van der Waals surface area contributed by atoms with Crippen molar-refractivity contribution >= 4 is 28.3 Å². The number of fused-ring (bicyclic) bond motifs is 1. The molecule has 8 nitrogen and oxygen atoms in total. The Balaban J connectivity index is 1.45. The molecule has 0 bridgehead atoms. The first-order chi connectivity index (χ1) is 15.6. The first-order valence-corrected chi connectivity index (χ1v) is 11.3. The van der Waals surface area contributed by atoms with Gasteiger partial charge in [-0.25, -0.2) is 4.98 Å². The van der Waals surface area contributed by atoms with Crippen LogP contribution < -0.4 is 10.6 Å². The van der Waals surface area contributed by atoms with Crippen LogP contribution in [-0.4, -0.2) is 65.4 Å². The van der Waals surface area contributed by atoms with Gasteiger partial charge in [-0.1, -0.05) is 12.1 Å². The van der Waals surface area contributed by atoms with Gasteiger partial charge in [0.2, 0.25) is 5.91 Å². The van der Waals surface area contributed by atoms with E-state index in [1.54, 1.807) is 7.11 Å². The molecule has 32 heavy (non-hydrogen) atoms. The van der Waals surface area contributed by atoms with Gasteiger partial charge in [0.15, 0.2) is 5.82 Å². The van der Waals surface area contributed by atoms with Crippen LogP contribution in [0.5, 0.6) is 0 Å². The average Bonchev–Trinajstić information content (AvgIpc) is 3.52. The second-order valence-electron chi connectivity index (χ2n) is 8.87. The number of methoxy groups -OCH3 is 1. The molecule has 2 aromatic heterocycles. The van der Waals surface area contributed by atoms with Crippen molar-refractivity contribution in [2.75, 3.05) is 44.0 Å². The molecule has 1 aliphatic heterocycles. The lowest BCUT2D eigenvalue weighted by Crippen LogP contribution is -2.54. The Bertz CT molecular complexity index is 1140. The lowest BCUT2D eigenvalue weighted by atomic mass is 9.97. The predicted octanol–water partition coefficient (Wildman–Crippen LogP) is 3.16. The summed E-state index contributed by atoms with van der Waals surface area (Å²) in [7, 11) is 1.62. The number of hydrogen-bond acceptors (Lipinski definition) is 6. The molecule has 0 spiro atoms. The van der Waals surface area contributed by atoms with Crippen molar-refractivity contribution in [1.82, 2.24) is 20.1 Å².